The lowest BCUT2D eigenvalue weighted by Gasteiger charge is -2.21. The van der Waals surface area contributed by atoms with Crippen LogP contribution in [0, 0.1) is 0 Å². The minimum Gasteiger partial charge on any atom is -0.329 e. The van der Waals surface area contributed by atoms with E-state index in [-0.39, 0.29) is 0 Å². The summed E-state index contributed by atoms with van der Waals surface area (Å²) >= 11 is 0. The predicted molar refractivity (Wildman–Crippen MR) is 63.2 cm³/mol. The van der Waals surface area contributed by atoms with Gasteiger partial charge in [0, 0.05) is 19.1 Å². The molecule has 2 aliphatic rings. The van der Waals surface area contributed by atoms with Crippen LogP contribution in [-0.2, 0) is 13.1 Å². The van der Waals surface area contributed by atoms with Crippen molar-refractivity contribution in [2.75, 3.05) is 6.54 Å². The van der Waals surface area contributed by atoms with Crippen LogP contribution in [0.2, 0.25) is 0 Å². The Morgan fingerprint density at radius 2 is 2.31 bits per heavy atom. The number of benzene rings is 1. The van der Waals surface area contributed by atoms with Gasteiger partial charge in [0.1, 0.15) is 0 Å². The predicted octanol–water partition coefficient (Wildman–Crippen LogP) is 2.01. The second kappa shape index (κ2) is 3.08. The van der Waals surface area contributed by atoms with Gasteiger partial charge in [-0.25, -0.2) is 4.98 Å². The third-order valence-corrected chi connectivity index (χ3v) is 4.00. The Hall–Kier alpha value is -1.35. The first-order valence-electron chi connectivity index (χ1n) is 6.08. The zero-order valence-corrected chi connectivity index (χ0v) is 9.26. The highest BCUT2D eigenvalue weighted by atomic mass is 15.2. The van der Waals surface area contributed by atoms with Crippen molar-refractivity contribution in [1.29, 1.82) is 0 Å². The number of fused-ring (bicyclic) bond motifs is 1. The zero-order chi connectivity index (χ0) is 10.5. The minimum atomic E-state index is 0.727. The fourth-order valence-corrected chi connectivity index (χ4v) is 3.23. The van der Waals surface area contributed by atoms with Crippen LogP contribution in [0.3, 0.4) is 0 Å². The maximum atomic E-state index is 4.49. The molecule has 0 N–H and O–H groups in total. The van der Waals surface area contributed by atoms with Gasteiger partial charge in [-0.2, -0.15) is 0 Å². The summed E-state index contributed by atoms with van der Waals surface area (Å²) in [6, 6.07) is 7.23. The van der Waals surface area contributed by atoms with Crippen molar-refractivity contribution in [3.63, 3.8) is 0 Å². The van der Waals surface area contributed by atoms with E-state index in [1.165, 1.54) is 30.5 Å². The molecule has 16 heavy (non-hydrogen) atoms. The highest BCUT2D eigenvalue weighted by Gasteiger charge is 2.28. The average Bonchev–Trinajstić information content (AvgIpc) is 2.85. The number of rotatable bonds is 0. The van der Waals surface area contributed by atoms with E-state index in [1.54, 1.807) is 0 Å². The summed E-state index contributed by atoms with van der Waals surface area (Å²) in [6.07, 6.45) is 4.70. The molecule has 3 heteroatoms. The maximum Gasteiger partial charge on any atom is 0.0958 e. The fourth-order valence-electron chi connectivity index (χ4n) is 3.23. The topological polar surface area (TPSA) is 21.1 Å². The molecule has 3 heterocycles. The highest BCUT2D eigenvalue weighted by Crippen LogP contribution is 2.29. The monoisotopic (exact) mass is 213 g/mol. The van der Waals surface area contributed by atoms with Crippen molar-refractivity contribution in [2.45, 2.75) is 32.0 Å². The number of aromatic nitrogens is 2. The second-order valence-corrected chi connectivity index (χ2v) is 4.95. The molecule has 0 radical (unpaired) electrons. The molecule has 0 unspecified atom stereocenters. The van der Waals surface area contributed by atoms with E-state index in [0.29, 0.717) is 0 Å². The van der Waals surface area contributed by atoms with E-state index in [2.05, 4.69) is 32.7 Å². The molecule has 2 aliphatic heterocycles. The molecule has 2 aromatic rings. The molecule has 0 bridgehead atoms. The SMILES string of the molecule is c1cc2c3c(c1)ncn3C[C@@H]1CCCN1C2. The Morgan fingerprint density at radius 1 is 1.31 bits per heavy atom. The summed E-state index contributed by atoms with van der Waals surface area (Å²) in [4.78, 5) is 7.12. The largest absolute Gasteiger partial charge is 0.329 e. The maximum absolute atomic E-state index is 4.49. The Bertz CT molecular complexity index is 543. The van der Waals surface area contributed by atoms with Crippen molar-refractivity contribution in [1.82, 2.24) is 14.5 Å². The number of hydrogen-bond acceptors (Lipinski definition) is 2. The van der Waals surface area contributed by atoms with Gasteiger partial charge in [0.15, 0.2) is 0 Å². The van der Waals surface area contributed by atoms with Crippen molar-refractivity contribution < 1.29 is 0 Å². The molecule has 1 atom stereocenters. The van der Waals surface area contributed by atoms with Crippen LogP contribution in [0.25, 0.3) is 11.0 Å². The van der Waals surface area contributed by atoms with Gasteiger partial charge < -0.3 is 4.57 Å². The van der Waals surface area contributed by atoms with Gasteiger partial charge in [0.25, 0.3) is 0 Å². The summed E-state index contributed by atoms with van der Waals surface area (Å²) in [5, 5.41) is 0. The first-order valence-corrected chi connectivity index (χ1v) is 6.08. The highest BCUT2D eigenvalue weighted by molar-refractivity contribution is 5.79. The van der Waals surface area contributed by atoms with E-state index in [4.69, 9.17) is 0 Å². The third kappa shape index (κ3) is 1.09. The van der Waals surface area contributed by atoms with E-state index < -0.39 is 0 Å². The second-order valence-electron chi connectivity index (χ2n) is 4.95. The number of hydrogen-bond donors (Lipinski definition) is 0. The van der Waals surface area contributed by atoms with E-state index in [1.807, 2.05) is 6.33 Å². The standard InChI is InChI=1S/C13H15N3/c1-3-10-7-15-6-2-4-11(15)8-16-9-14-12(5-1)13(10)16/h1,3,5,9,11H,2,4,6-8H2/t11-/m0/s1. The molecular formula is C13H15N3. The molecule has 1 saturated heterocycles. The Morgan fingerprint density at radius 3 is 3.31 bits per heavy atom. The molecule has 1 aromatic carbocycles. The van der Waals surface area contributed by atoms with Crippen LogP contribution in [0.1, 0.15) is 18.4 Å². The van der Waals surface area contributed by atoms with Crippen LogP contribution in [0.4, 0.5) is 0 Å². The molecule has 4 rings (SSSR count). The molecule has 0 spiro atoms. The fraction of sp³-hybridized carbons (Fsp3) is 0.462. The third-order valence-electron chi connectivity index (χ3n) is 4.00. The Labute approximate surface area is 94.7 Å². The van der Waals surface area contributed by atoms with E-state index >= 15 is 0 Å². The van der Waals surface area contributed by atoms with E-state index in [0.717, 1.165) is 24.6 Å². The normalized spacial score (nSPS) is 24.6. The lowest BCUT2D eigenvalue weighted by Crippen LogP contribution is -2.30. The lowest BCUT2D eigenvalue weighted by atomic mass is 10.2. The van der Waals surface area contributed by atoms with Gasteiger partial charge in [0.05, 0.1) is 17.4 Å². The average molecular weight is 213 g/mol. The molecule has 0 amide bonds. The van der Waals surface area contributed by atoms with Crippen LogP contribution < -0.4 is 0 Å². The number of nitrogens with zero attached hydrogens (tertiary/aromatic N) is 3. The Kier molecular flexibility index (Phi) is 1.68. The van der Waals surface area contributed by atoms with E-state index in [9.17, 15) is 0 Å². The summed E-state index contributed by atoms with van der Waals surface area (Å²) < 4.78 is 2.35. The van der Waals surface area contributed by atoms with Crippen molar-refractivity contribution in [3.8, 4) is 0 Å². The van der Waals surface area contributed by atoms with Gasteiger partial charge in [-0.1, -0.05) is 12.1 Å². The van der Waals surface area contributed by atoms with Gasteiger partial charge >= 0.3 is 0 Å². The molecular weight excluding hydrogens is 198 g/mol. The van der Waals surface area contributed by atoms with Crippen molar-refractivity contribution in [2.24, 2.45) is 0 Å². The molecule has 0 saturated carbocycles. The quantitative estimate of drug-likeness (QED) is 0.667. The summed E-state index contributed by atoms with van der Waals surface area (Å²) in [5.74, 6) is 0. The molecule has 82 valence electrons. The number of para-hydroxylation sites is 1. The smallest absolute Gasteiger partial charge is 0.0958 e. The molecule has 3 nitrogen and oxygen atoms in total. The molecule has 1 fully saturated rings. The van der Waals surface area contributed by atoms with Crippen LogP contribution in [-0.4, -0.2) is 27.0 Å². The lowest BCUT2D eigenvalue weighted by molar-refractivity contribution is 0.233. The molecule has 0 aliphatic carbocycles. The van der Waals surface area contributed by atoms with Crippen LogP contribution in [0.5, 0.6) is 0 Å². The first kappa shape index (κ1) is 8.76. The van der Waals surface area contributed by atoms with Gasteiger partial charge in [0.2, 0.25) is 0 Å². The minimum absolute atomic E-state index is 0.727. The van der Waals surface area contributed by atoms with Crippen molar-refractivity contribution >= 4 is 11.0 Å². The summed E-state index contributed by atoms with van der Waals surface area (Å²) in [6.45, 7) is 3.49. The number of imidazole rings is 1. The summed E-state index contributed by atoms with van der Waals surface area (Å²) in [7, 11) is 0. The van der Waals surface area contributed by atoms with Gasteiger partial charge in [-0.3, -0.25) is 4.90 Å². The van der Waals surface area contributed by atoms with Crippen molar-refractivity contribution in [3.05, 3.63) is 30.1 Å². The van der Waals surface area contributed by atoms with Crippen LogP contribution >= 0.6 is 0 Å². The Balaban J connectivity index is 1.94. The van der Waals surface area contributed by atoms with Gasteiger partial charge in [-0.15, -0.1) is 0 Å². The first-order chi connectivity index (χ1) is 7.92. The van der Waals surface area contributed by atoms with Crippen LogP contribution in [0.15, 0.2) is 24.5 Å². The zero-order valence-electron chi connectivity index (χ0n) is 9.26. The summed E-state index contributed by atoms with van der Waals surface area (Å²) in [5.41, 5.74) is 3.95. The molecule has 1 aromatic heterocycles. The van der Waals surface area contributed by atoms with Gasteiger partial charge in [-0.05, 0) is 31.0 Å².